The van der Waals surface area contributed by atoms with Crippen molar-refractivity contribution in [1.82, 2.24) is 14.8 Å². The molecule has 1 fully saturated rings. The van der Waals surface area contributed by atoms with Gasteiger partial charge in [0, 0.05) is 32.0 Å². The van der Waals surface area contributed by atoms with Gasteiger partial charge in [0.15, 0.2) is 0 Å². The van der Waals surface area contributed by atoms with Crippen LogP contribution in [-0.4, -0.2) is 66.1 Å². The molecule has 2 amide bonds. The number of aromatic nitrogens is 1. The SMILES string of the molecule is CCOC(=O)N1CCc2c(cncc2C(=O)N2CCCC(C(=O)OC)C2)C1. The van der Waals surface area contributed by atoms with Crippen LogP contribution in [0.5, 0.6) is 0 Å². The van der Waals surface area contributed by atoms with E-state index in [-0.39, 0.29) is 23.9 Å². The fraction of sp³-hybridized carbons (Fsp3) is 0.579. The third-order valence-electron chi connectivity index (χ3n) is 5.14. The zero-order valence-corrected chi connectivity index (χ0v) is 15.8. The Hall–Kier alpha value is -2.64. The summed E-state index contributed by atoms with van der Waals surface area (Å²) < 4.78 is 9.89. The van der Waals surface area contributed by atoms with Crippen LogP contribution < -0.4 is 0 Å². The van der Waals surface area contributed by atoms with E-state index in [9.17, 15) is 14.4 Å². The first-order chi connectivity index (χ1) is 13.0. The van der Waals surface area contributed by atoms with Gasteiger partial charge in [-0.25, -0.2) is 4.79 Å². The van der Waals surface area contributed by atoms with E-state index in [4.69, 9.17) is 9.47 Å². The van der Waals surface area contributed by atoms with Gasteiger partial charge >= 0.3 is 12.1 Å². The molecule has 0 spiro atoms. The van der Waals surface area contributed by atoms with E-state index < -0.39 is 0 Å². The molecule has 27 heavy (non-hydrogen) atoms. The molecule has 0 radical (unpaired) electrons. The summed E-state index contributed by atoms with van der Waals surface area (Å²) in [5, 5.41) is 0. The van der Waals surface area contributed by atoms with Gasteiger partial charge in [0.1, 0.15) is 0 Å². The maximum Gasteiger partial charge on any atom is 0.410 e. The average molecular weight is 375 g/mol. The lowest BCUT2D eigenvalue weighted by Gasteiger charge is -2.33. The molecule has 0 aromatic carbocycles. The van der Waals surface area contributed by atoms with Crippen molar-refractivity contribution in [3.63, 3.8) is 0 Å². The highest BCUT2D eigenvalue weighted by atomic mass is 16.6. The number of amides is 2. The second-order valence-electron chi connectivity index (χ2n) is 6.81. The molecule has 1 saturated heterocycles. The average Bonchev–Trinajstić information content (AvgIpc) is 2.72. The highest BCUT2D eigenvalue weighted by Gasteiger charge is 2.32. The number of hydrogen-bond acceptors (Lipinski definition) is 6. The summed E-state index contributed by atoms with van der Waals surface area (Å²) in [6.45, 7) is 3.96. The number of pyridine rings is 1. The van der Waals surface area contributed by atoms with Gasteiger partial charge in [-0.2, -0.15) is 0 Å². The Bertz CT molecular complexity index is 736. The summed E-state index contributed by atoms with van der Waals surface area (Å²) in [5.41, 5.74) is 2.35. The molecule has 8 nitrogen and oxygen atoms in total. The Morgan fingerprint density at radius 2 is 2.04 bits per heavy atom. The number of methoxy groups -OCH3 is 1. The molecule has 1 atom stereocenters. The zero-order chi connectivity index (χ0) is 19.4. The molecule has 1 aromatic heterocycles. The van der Waals surface area contributed by atoms with Gasteiger partial charge in [-0.15, -0.1) is 0 Å². The van der Waals surface area contributed by atoms with E-state index in [1.54, 1.807) is 29.1 Å². The number of likely N-dealkylation sites (tertiary alicyclic amines) is 1. The molecule has 0 N–H and O–H groups in total. The van der Waals surface area contributed by atoms with E-state index in [1.165, 1.54) is 7.11 Å². The molecule has 0 bridgehead atoms. The molecule has 2 aliphatic heterocycles. The van der Waals surface area contributed by atoms with Crippen molar-refractivity contribution in [2.45, 2.75) is 32.7 Å². The van der Waals surface area contributed by atoms with Crippen LogP contribution in [0.25, 0.3) is 0 Å². The molecule has 146 valence electrons. The lowest BCUT2D eigenvalue weighted by Crippen LogP contribution is -2.43. The first kappa shape index (κ1) is 19.1. The van der Waals surface area contributed by atoms with Crippen molar-refractivity contribution in [3.8, 4) is 0 Å². The minimum atomic E-state index is -0.350. The van der Waals surface area contributed by atoms with Crippen molar-refractivity contribution in [2.75, 3.05) is 33.4 Å². The fourth-order valence-corrected chi connectivity index (χ4v) is 3.74. The molecule has 1 aromatic rings. The van der Waals surface area contributed by atoms with Crippen molar-refractivity contribution in [3.05, 3.63) is 29.1 Å². The van der Waals surface area contributed by atoms with Gasteiger partial charge in [-0.1, -0.05) is 0 Å². The number of carbonyl (C=O) groups is 3. The summed E-state index contributed by atoms with van der Waals surface area (Å²) in [5.74, 6) is -0.664. The first-order valence-electron chi connectivity index (χ1n) is 9.29. The van der Waals surface area contributed by atoms with Crippen LogP contribution in [-0.2, 0) is 27.2 Å². The zero-order valence-electron chi connectivity index (χ0n) is 15.8. The molecule has 1 unspecified atom stereocenters. The van der Waals surface area contributed by atoms with Crippen molar-refractivity contribution in [2.24, 2.45) is 5.92 Å². The number of hydrogen-bond donors (Lipinski definition) is 0. The second-order valence-corrected chi connectivity index (χ2v) is 6.81. The van der Waals surface area contributed by atoms with Crippen LogP contribution in [0.3, 0.4) is 0 Å². The minimum Gasteiger partial charge on any atom is -0.469 e. The minimum absolute atomic E-state index is 0.113. The highest BCUT2D eigenvalue weighted by molar-refractivity contribution is 5.96. The predicted octanol–water partition coefficient (Wildman–Crippen LogP) is 1.62. The molecular formula is C19H25N3O5. The summed E-state index contributed by atoms with van der Waals surface area (Å²) >= 11 is 0. The maximum absolute atomic E-state index is 13.1. The Morgan fingerprint density at radius 3 is 2.78 bits per heavy atom. The van der Waals surface area contributed by atoms with Gasteiger partial charge in [0.2, 0.25) is 0 Å². The standard InChI is InChI=1S/C19H25N3O5/c1-3-27-19(25)22-8-6-15-14(12-22)9-20-10-16(15)17(23)21-7-4-5-13(11-21)18(24)26-2/h9-10,13H,3-8,11-12H2,1-2H3. The number of rotatable bonds is 3. The number of carbonyl (C=O) groups excluding carboxylic acids is 3. The summed E-state index contributed by atoms with van der Waals surface area (Å²) in [4.78, 5) is 44.4. The third-order valence-corrected chi connectivity index (χ3v) is 5.14. The van der Waals surface area contributed by atoms with E-state index in [1.807, 2.05) is 0 Å². The summed E-state index contributed by atoms with van der Waals surface area (Å²) in [7, 11) is 1.37. The highest BCUT2D eigenvalue weighted by Crippen LogP contribution is 2.25. The Balaban J connectivity index is 1.76. The molecule has 3 heterocycles. The predicted molar refractivity (Wildman–Crippen MR) is 96.0 cm³/mol. The molecule has 8 heteroatoms. The van der Waals surface area contributed by atoms with Gasteiger partial charge in [-0.3, -0.25) is 14.6 Å². The summed E-state index contributed by atoms with van der Waals surface area (Å²) in [6, 6.07) is 0. The molecule has 2 aliphatic rings. The number of ether oxygens (including phenoxy) is 2. The van der Waals surface area contributed by atoms with E-state index in [2.05, 4.69) is 4.98 Å². The number of fused-ring (bicyclic) bond motifs is 1. The van der Waals surface area contributed by atoms with Gasteiger partial charge < -0.3 is 19.3 Å². The number of nitrogens with zero attached hydrogens (tertiary/aromatic N) is 3. The lowest BCUT2D eigenvalue weighted by atomic mass is 9.94. The molecule has 0 aliphatic carbocycles. The van der Waals surface area contributed by atoms with Crippen LogP contribution in [0.15, 0.2) is 12.4 Å². The van der Waals surface area contributed by atoms with Crippen molar-refractivity contribution >= 4 is 18.0 Å². The van der Waals surface area contributed by atoms with E-state index in [0.717, 1.165) is 24.0 Å². The van der Waals surface area contributed by atoms with E-state index >= 15 is 0 Å². The van der Waals surface area contributed by atoms with Gasteiger partial charge in [-0.05, 0) is 37.3 Å². The van der Waals surface area contributed by atoms with Crippen LogP contribution in [0, 0.1) is 5.92 Å². The molecule has 3 rings (SSSR count). The first-order valence-corrected chi connectivity index (χ1v) is 9.29. The Kier molecular flexibility index (Phi) is 5.93. The van der Waals surface area contributed by atoms with Gasteiger partial charge in [0.25, 0.3) is 5.91 Å². The molecular weight excluding hydrogens is 350 g/mol. The second kappa shape index (κ2) is 8.37. The maximum atomic E-state index is 13.1. The number of esters is 1. The third kappa shape index (κ3) is 4.04. The Labute approximate surface area is 158 Å². The van der Waals surface area contributed by atoms with Gasteiger partial charge in [0.05, 0.1) is 31.7 Å². The number of piperidine rings is 1. The molecule has 0 saturated carbocycles. The lowest BCUT2D eigenvalue weighted by molar-refractivity contribution is -0.146. The van der Waals surface area contributed by atoms with Crippen molar-refractivity contribution in [1.29, 1.82) is 0 Å². The fourth-order valence-electron chi connectivity index (χ4n) is 3.74. The Morgan fingerprint density at radius 1 is 1.22 bits per heavy atom. The normalized spacial score (nSPS) is 19.3. The van der Waals surface area contributed by atoms with Crippen LogP contribution in [0.4, 0.5) is 4.79 Å². The van der Waals surface area contributed by atoms with Crippen LogP contribution in [0.2, 0.25) is 0 Å². The van der Waals surface area contributed by atoms with E-state index in [0.29, 0.717) is 44.8 Å². The topological polar surface area (TPSA) is 89.0 Å². The monoisotopic (exact) mass is 375 g/mol. The van der Waals surface area contributed by atoms with Crippen LogP contribution in [0.1, 0.15) is 41.3 Å². The smallest absolute Gasteiger partial charge is 0.410 e. The quantitative estimate of drug-likeness (QED) is 0.746. The summed E-state index contributed by atoms with van der Waals surface area (Å²) in [6.07, 6.45) is 5.01. The van der Waals surface area contributed by atoms with Crippen molar-refractivity contribution < 1.29 is 23.9 Å². The van der Waals surface area contributed by atoms with Crippen LogP contribution >= 0.6 is 0 Å². The largest absolute Gasteiger partial charge is 0.469 e.